The summed E-state index contributed by atoms with van der Waals surface area (Å²) in [5, 5.41) is 0. The average molecular weight is 326 g/mol. The Labute approximate surface area is 139 Å². The van der Waals surface area contributed by atoms with Crippen LogP contribution < -0.4 is 0 Å². The summed E-state index contributed by atoms with van der Waals surface area (Å²) in [5.74, 6) is 1.70. The molecule has 2 aliphatic carbocycles. The minimum Gasteiger partial charge on any atom is -0.469 e. The number of fused-ring (bicyclic) bond motifs is 1. The third-order valence-corrected chi connectivity index (χ3v) is 5.70. The summed E-state index contributed by atoms with van der Waals surface area (Å²) < 4.78 is 16.1. The molecule has 0 bridgehead atoms. The van der Waals surface area contributed by atoms with Gasteiger partial charge in [0.05, 0.1) is 26.2 Å². The van der Waals surface area contributed by atoms with Gasteiger partial charge in [-0.2, -0.15) is 0 Å². The summed E-state index contributed by atoms with van der Waals surface area (Å²) in [6, 6.07) is 0. The minimum atomic E-state index is -0.234. The van der Waals surface area contributed by atoms with Gasteiger partial charge >= 0.3 is 11.9 Å². The topological polar surface area (TPSA) is 61.8 Å². The van der Waals surface area contributed by atoms with Gasteiger partial charge in [0.1, 0.15) is 6.10 Å². The first-order chi connectivity index (χ1) is 10.9. The van der Waals surface area contributed by atoms with E-state index in [0.29, 0.717) is 36.7 Å². The van der Waals surface area contributed by atoms with Crippen molar-refractivity contribution < 1.29 is 23.8 Å². The Morgan fingerprint density at radius 3 is 2.57 bits per heavy atom. The highest BCUT2D eigenvalue weighted by Crippen LogP contribution is 2.51. The number of hydrogen-bond acceptors (Lipinski definition) is 5. The predicted molar refractivity (Wildman–Crippen MR) is 85.7 cm³/mol. The van der Waals surface area contributed by atoms with Crippen LogP contribution in [0.1, 0.15) is 52.9 Å². The summed E-state index contributed by atoms with van der Waals surface area (Å²) in [6.07, 6.45) is 4.78. The van der Waals surface area contributed by atoms with E-state index in [4.69, 9.17) is 9.47 Å². The van der Waals surface area contributed by atoms with Gasteiger partial charge in [-0.3, -0.25) is 9.59 Å². The first-order valence-corrected chi connectivity index (χ1v) is 8.79. The number of ether oxygens (including phenoxy) is 3. The smallest absolute Gasteiger partial charge is 0.307 e. The Bertz CT molecular complexity index is 422. The van der Waals surface area contributed by atoms with E-state index in [-0.39, 0.29) is 24.1 Å². The van der Waals surface area contributed by atoms with Crippen molar-refractivity contribution in [2.45, 2.75) is 65.1 Å². The third-order valence-electron chi connectivity index (χ3n) is 5.70. The lowest BCUT2D eigenvalue weighted by Crippen LogP contribution is -2.41. The van der Waals surface area contributed by atoms with E-state index in [1.807, 2.05) is 0 Å². The predicted octanol–water partition coefficient (Wildman–Crippen LogP) is 2.96. The lowest BCUT2D eigenvalue weighted by molar-refractivity contribution is -0.154. The molecule has 2 aliphatic rings. The summed E-state index contributed by atoms with van der Waals surface area (Å²) in [7, 11) is 1.40. The maximum atomic E-state index is 11.3. The first-order valence-electron chi connectivity index (χ1n) is 8.79. The summed E-state index contributed by atoms with van der Waals surface area (Å²) in [5.41, 5.74) is 0. The van der Waals surface area contributed by atoms with Crippen LogP contribution in [0.15, 0.2) is 0 Å². The highest BCUT2D eigenvalue weighted by Gasteiger charge is 2.48. The second-order valence-corrected chi connectivity index (χ2v) is 7.09. The van der Waals surface area contributed by atoms with Gasteiger partial charge in [0.25, 0.3) is 0 Å². The Hall–Kier alpha value is -1.10. The molecule has 6 atom stereocenters. The number of esters is 2. The van der Waals surface area contributed by atoms with Gasteiger partial charge in [0.15, 0.2) is 0 Å². The van der Waals surface area contributed by atoms with Gasteiger partial charge in [-0.15, -0.1) is 0 Å². The lowest BCUT2D eigenvalue weighted by atomic mass is 9.69. The molecule has 0 heterocycles. The fourth-order valence-corrected chi connectivity index (χ4v) is 4.66. The Balaban J connectivity index is 1.93. The van der Waals surface area contributed by atoms with Crippen LogP contribution in [0.2, 0.25) is 0 Å². The molecule has 0 amide bonds. The highest BCUT2D eigenvalue weighted by molar-refractivity contribution is 5.69. The van der Waals surface area contributed by atoms with Crippen molar-refractivity contribution in [1.82, 2.24) is 0 Å². The lowest BCUT2D eigenvalue weighted by Gasteiger charge is -2.41. The maximum absolute atomic E-state index is 11.3. The van der Waals surface area contributed by atoms with Crippen LogP contribution in [0.4, 0.5) is 0 Å². The Morgan fingerprint density at radius 2 is 1.91 bits per heavy atom. The number of carbonyl (C=O) groups is 2. The van der Waals surface area contributed by atoms with Crippen LogP contribution in [0.25, 0.3) is 0 Å². The molecular weight excluding hydrogens is 296 g/mol. The molecule has 23 heavy (non-hydrogen) atoms. The molecule has 0 spiro atoms. The van der Waals surface area contributed by atoms with Crippen LogP contribution in [0, 0.1) is 23.7 Å². The molecule has 0 radical (unpaired) electrons. The zero-order chi connectivity index (χ0) is 17.0. The minimum absolute atomic E-state index is 0.0703. The van der Waals surface area contributed by atoms with E-state index in [1.165, 1.54) is 14.0 Å². The molecule has 0 aromatic rings. The molecule has 2 rings (SSSR count). The Kier molecular flexibility index (Phi) is 6.45. The van der Waals surface area contributed by atoms with Crippen molar-refractivity contribution >= 4 is 11.9 Å². The van der Waals surface area contributed by atoms with Crippen LogP contribution >= 0.6 is 0 Å². The van der Waals surface area contributed by atoms with Gasteiger partial charge in [-0.1, -0.05) is 6.92 Å². The normalized spacial score (nSPS) is 34.5. The van der Waals surface area contributed by atoms with Crippen LogP contribution in [0.5, 0.6) is 0 Å². The molecule has 2 saturated carbocycles. The molecule has 6 unspecified atom stereocenters. The molecular formula is C18H30O5. The van der Waals surface area contributed by atoms with Crippen LogP contribution in [0.3, 0.4) is 0 Å². The molecule has 2 fully saturated rings. The molecule has 132 valence electrons. The van der Waals surface area contributed by atoms with Crippen LogP contribution in [-0.2, 0) is 23.8 Å². The third kappa shape index (κ3) is 4.46. The summed E-state index contributed by atoms with van der Waals surface area (Å²) in [6.45, 7) is 6.31. The van der Waals surface area contributed by atoms with Crippen molar-refractivity contribution in [3.05, 3.63) is 0 Å². The van der Waals surface area contributed by atoms with Gasteiger partial charge in [-0.25, -0.2) is 0 Å². The van der Waals surface area contributed by atoms with Crippen molar-refractivity contribution in [3.8, 4) is 0 Å². The molecule has 0 aromatic carbocycles. The number of methoxy groups -OCH3 is 1. The number of rotatable bonds is 6. The average Bonchev–Trinajstić information content (AvgIpc) is 2.95. The molecule has 0 aliphatic heterocycles. The van der Waals surface area contributed by atoms with Gasteiger partial charge in [0, 0.05) is 6.92 Å². The number of carbonyl (C=O) groups excluding carboxylic acids is 2. The molecule has 0 aromatic heterocycles. The van der Waals surface area contributed by atoms with Gasteiger partial charge in [0.2, 0.25) is 0 Å². The molecule has 0 N–H and O–H groups in total. The second kappa shape index (κ2) is 8.13. The van der Waals surface area contributed by atoms with Crippen molar-refractivity contribution in [1.29, 1.82) is 0 Å². The Morgan fingerprint density at radius 1 is 1.17 bits per heavy atom. The van der Waals surface area contributed by atoms with Gasteiger partial charge < -0.3 is 14.2 Å². The van der Waals surface area contributed by atoms with Crippen molar-refractivity contribution in [2.75, 3.05) is 13.7 Å². The van der Waals surface area contributed by atoms with E-state index in [2.05, 4.69) is 18.6 Å². The zero-order valence-corrected chi connectivity index (χ0v) is 14.7. The molecule has 0 saturated heterocycles. The van der Waals surface area contributed by atoms with Gasteiger partial charge in [-0.05, 0) is 56.3 Å². The van der Waals surface area contributed by atoms with Crippen molar-refractivity contribution in [2.24, 2.45) is 23.7 Å². The van der Waals surface area contributed by atoms with E-state index >= 15 is 0 Å². The van der Waals surface area contributed by atoms with E-state index in [1.54, 1.807) is 0 Å². The zero-order valence-electron chi connectivity index (χ0n) is 14.7. The van der Waals surface area contributed by atoms with Crippen molar-refractivity contribution in [3.63, 3.8) is 0 Å². The monoisotopic (exact) mass is 326 g/mol. The largest absolute Gasteiger partial charge is 0.469 e. The first kappa shape index (κ1) is 18.2. The molecule has 5 nitrogen and oxygen atoms in total. The fourth-order valence-electron chi connectivity index (χ4n) is 4.66. The molecule has 5 heteroatoms. The highest BCUT2D eigenvalue weighted by atomic mass is 16.5. The summed E-state index contributed by atoms with van der Waals surface area (Å²) >= 11 is 0. The summed E-state index contributed by atoms with van der Waals surface area (Å²) in [4.78, 5) is 22.5. The second-order valence-electron chi connectivity index (χ2n) is 7.09. The number of hydrogen-bond donors (Lipinski definition) is 0. The van der Waals surface area contributed by atoms with Crippen LogP contribution in [-0.4, -0.2) is 37.9 Å². The standard InChI is InChI=1S/C18H30O5/c1-11-5-8-16(23-13(3)19)15-7-6-14(18(11)15)12(2)22-10-9-17(20)21-4/h11-12,14-16,18H,5-10H2,1-4H3. The van der Waals surface area contributed by atoms with E-state index in [9.17, 15) is 9.59 Å². The quantitative estimate of drug-likeness (QED) is 0.702. The SMILES string of the molecule is COC(=O)CCOC(C)C1CCC2C(OC(C)=O)CCC(C)C12. The fraction of sp³-hybridized carbons (Fsp3) is 0.889. The maximum Gasteiger partial charge on any atom is 0.307 e. The van der Waals surface area contributed by atoms with E-state index in [0.717, 1.165) is 25.7 Å². The van der Waals surface area contributed by atoms with E-state index < -0.39 is 0 Å².